The van der Waals surface area contributed by atoms with Crippen LogP contribution in [0.5, 0.6) is 5.75 Å². The zero-order valence-electron chi connectivity index (χ0n) is 16.8. The molecule has 0 bridgehead atoms. The Labute approximate surface area is 175 Å². The molecular weight excluding hydrogens is 388 g/mol. The lowest BCUT2D eigenvalue weighted by Crippen LogP contribution is -2.63. The van der Waals surface area contributed by atoms with Crippen LogP contribution >= 0.6 is 0 Å². The molecule has 162 valence electrons. The fourth-order valence-electron chi connectivity index (χ4n) is 4.53. The molecule has 1 aliphatic heterocycles. The van der Waals surface area contributed by atoms with E-state index in [9.17, 15) is 25.5 Å². The van der Waals surface area contributed by atoms with Gasteiger partial charge >= 0.3 is 0 Å². The van der Waals surface area contributed by atoms with Gasteiger partial charge in [0.25, 0.3) is 0 Å². The number of benzene rings is 2. The maximum absolute atomic E-state index is 11.1. The minimum Gasteiger partial charge on any atom is -0.494 e. The molecule has 0 spiro atoms. The van der Waals surface area contributed by atoms with Gasteiger partial charge in [0.15, 0.2) is 0 Å². The van der Waals surface area contributed by atoms with Crippen LogP contribution in [0.4, 0.5) is 0 Å². The van der Waals surface area contributed by atoms with Crippen molar-refractivity contribution in [1.82, 2.24) is 0 Å². The van der Waals surface area contributed by atoms with Gasteiger partial charge < -0.3 is 35.0 Å². The highest BCUT2D eigenvalue weighted by Gasteiger charge is 2.53. The Kier molecular flexibility index (Phi) is 5.85. The van der Waals surface area contributed by atoms with Gasteiger partial charge in [0.2, 0.25) is 5.79 Å². The molecular formula is C23H28O7. The molecule has 1 fully saturated rings. The van der Waals surface area contributed by atoms with E-state index in [4.69, 9.17) is 9.47 Å². The predicted molar refractivity (Wildman–Crippen MR) is 108 cm³/mol. The molecule has 0 saturated carbocycles. The van der Waals surface area contributed by atoms with Crippen LogP contribution in [0, 0.1) is 0 Å². The first-order valence-electron chi connectivity index (χ1n) is 10.3. The number of aliphatic hydroxyl groups excluding tert-OH is 4. The third-order valence-electron chi connectivity index (χ3n) is 6.20. The van der Waals surface area contributed by atoms with Crippen LogP contribution in [0.15, 0.2) is 42.5 Å². The van der Waals surface area contributed by atoms with E-state index < -0.39 is 36.8 Å². The SMILES string of the molecule is CCOc1ccc(C2CCc3ccc([C@]4(O)O[C@H](CO)[C@@H](O)[C@H](O)[C@H]4O)cc32)cc1. The molecule has 5 N–H and O–H groups in total. The molecule has 2 aromatic carbocycles. The number of aliphatic hydroxyl groups is 5. The minimum absolute atomic E-state index is 0.115. The number of hydrogen-bond donors (Lipinski definition) is 5. The highest BCUT2D eigenvalue weighted by Crippen LogP contribution is 2.43. The molecule has 4 rings (SSSR count). The summed E-state index contributed by atoms with van der Waals surface area (Å²) < 4.78 is 11.0. The molecule has 0 radical (unpaired) electrons. The van der Waals surface area contributed by atoms with Crippen LogP contribution < -0.4 is 4.74 Å². The van der Waals surface area contributed by atoms with E-state index >= 15 is 0 Å². The van der Waals surface area contributed by atoms with Crippen molar-refractivity contribution < 1.29 is 35.0 Å². The summed E-state index contributed by atoms with van der Waals surface area (Å²) in [5, 5.41) is 51.2. The maximum Gasteiger partial charge on any atom is 0.222 e. The molecule has 2 aliphatic rings. The summed E-state index contributed by atoms with van der Waals surface area (Å²) in [7, 11) is 0. The average Bonchev–Trinajstić information content (AvgIpc) is 3.19. The second-order valence-corrected chi connectivity index (χ2v) is 7.97. The smallest absolute Gasteiger partial charge is 0.222 e. The van der Waals surface area contributed by atoms with E-state index in [1.54, 1.807) is 12.1 Å². The summed E-state index contributed by atoms with van der Waals surface area (Å²) in [6, 6.07) is 13.3. The number of aryl methyl sites for hydroxylation is 1. The van der Waals surface area contributed by atoms with E-state index in [-0.39, 0.29) is 11.5 Å². The van der Waals surface area contributed by atoms with Crippen molar-refractivity contribution in [2.45, 2.75) is 55.9 Å². The molecule has 30 heavy (non-hydrogen) atoms. The van der Waals surface area contributed by atoms with Crippen LogP contribution in [0.25, 0.3) is 0 Å². The Morgan fingerprint density at radius 2 is 1.80 bits per heavy atom. The third kappa shape index (κ3) is 3.51. The lowest BCUT2D eigenvalue weighted by atomic mass is 9.85. The van der Waals surface area contributed by atoms with E-state index in [1.165, 1.54) is 0 Å². The van der Waals surface area contributed by atoms with Crippen LogP contribution in [0.2, 0.25) is 0 Å². The Morgan fingerprint density at radius 3 is 2.47 bits per heavy atom. The van der Waals surface area contributed by atoms with Crippen LogP contribution in [-0.2, 0) is 16.9 Å². The number of ether oxygens (including phenoxy) is 2. The fraction of sp³-hybridized carbons (Fsp3) is 0.478. The van der Waals surface area contributed by atoms with E-state index in [0.29, 0.717) is 6.61 Å². The fourth-order valence-corrected chi connectivity index (χ4v) is 4.53. The Bertz CT molecular complexity index is 882. The summed E-state index contributed by atoms with van der Waals surface area (Å²) in [5.41, 5.74) is 3.55. The normalized spacial score (nSPS) is 33.3. The summed E-state index contributed by atoms with van der Waals surface area (Å²) in [6.45, 7) is 1.94. The third-order valence-corrected chi connectivity index (χ3v) is 6.20. The van der Waals surface area contributed by atoms with Gasteiger partial charge in [-0.1, -0.05) is 24.3 Å². The van der Waals surface area contributed by atoms with Crippen molar-refractivity contribution in [2.75, 3.05) is 13.2 Å². The highest BCUT2D eigenvalue weighted by atomic mass is 16.7. The average molecular weight is 416 g/mol. The molecule has 2 aromatic rings. The molecule has 1 aliphatic carbocycles. The van der Waals surface area contributed by atoms with E-state index in [2.05, 4.69) is 0 Å². The molecule has 1 heterocycles. The molecule has 0 amide bonds. The van der Waals surface area contributed by atoms with E-state index in [1.807, 2.05) is 37.3 Å². The first kappa shape index (κ1) is 21.2. The van der Waals surface area contributed by atoms with Crippen molar-refractivity contribution in [3.63, 3.8) is 0 Å². The van der Waals surface area contributed by atoms with Crippen molar-refractivity contribution in [3.8, 4) is 5.75 Å². The van der Waals surface area contributed by atoms with Gasteiger partial charge in [0.05, 0.1) is 13.2 Å². The highest BCUT2D eigenvalue weighted by molar-refractivity contribution is 5.46. The number of rotatable bonds is 5. The zero-order chi connectivity index (χ0) is 21.5. The first-order chi connectivity index (χ1) is 14.4. The van der Waals surface area contributed by atoms with Crippen LogP contribution in [0.3, 0.4) is 0 Å². The van der Waals surface area contributed by atoms with Crippen molar-refractivity contribution in [3.05, 3.63) is 64.7 Å². The molecule has 7 nitrogen and oxygen atoms in total. The summed E-state index contributed by atoms with van der Waals surface area (Å²) in [6.07, 6.45) is -4.35. The molecule has 1 unspecified atom stereocenters. The second-order valence-electron chi connectivity index (χ2n) is 7.97. The topological polar surface area (TPSA) is 120 Å². The minimum atomic E-state index is -2.24. The van der Waals surface area contributed by atoms with Crippen molar-refractivity contribution in [2.24, 2.45) is 0 Å². The molecule has 1 saturated heterocycles. The summed E-state index contributed by atoms with van der Waals surface area (Å²) >= 11 is 0. The first-order valence-corrected chi connectivity index (χ1v) is 10.3. The lowest BCUT2D eigenvalue weighted by molar-refractivity contribution is -0.357. The quantitative estimate of drug-likeness (QED) is 0.489. The maximum atomic E-state index is 11.1. The molecule has 6 atom stereocenters. The van der Waals surface area contributed by atoms with Crippen LogP contribution in [0.1, 0.15) is 41.5 Å². The van der Waals surface area contributed by atoms with Gasteiger partial charge in [0.1, 0.15) is 30.2 Å². The number of hydrogen-bond acceptors (Lipinski definition) is 7. The van der Waals surface area contributed by atoms with Gasteiger partial charge in [-0.25, -0.2) is 0 Å². The lowest BCUT2D eigenvalue weighted by Gasteiger charge is -2.45. The van der Waals surface area contributed by atoms with E-state index in [0.717, 1.165) is 35.3 Å². The van der Waals surface area contributed by atoms with Gasteiger partial charge in [-0.05, 0) is 54.7 Å². The summed E-state index contributed by atoms with van der Waals surface area (Å²) in [4.78, 5) is 0. The van der Waals surface area contributed by atoms with Gasteiger partial charge in [-0.2, -0.15) is 0 Å². The van der Waals surface area contributed by atoms with Crippen molar-refractivity contribution in [1.29, 1.82) is 0 Å². The largest absolute Gasteiger partial charge is 0.494 e. The van der Waals surface area contributed by atoms with Gasteiger partial charge in [0, 0.05) is 11.5 Å². The van der Waals surface area contributed by atoms with Crippen LogP contribution in [-0.4, -0.2) is 63.2 Å². The van der Waals surface area contributed by atoms with Gasteiger partial charge in [-0.3, -0.25) is 0 Å². The number of fused-ring (bicyclic) bond motifs is 1. The predicted octanol–water partition coefficient (Wildman–Crippen LogP) is 0.782. The Hall–Kier alpha value is -2.00. The molecule has 7 heteroatoms. The second kappa shape index (κ2) is 8.26. The Morgan fingerprint density at radius 1 is 1.07 bits per heavy atom. The van der Waals surface area contributed by atoms with Crippen molar-refractivity contribution >= 4 is 0 Å². The summed E-state index contributed by atoms with van der Waals surface area (Å²) in [5.74, 6) is -1.32. The zero-order valence-corrected chi connectivity index (χ0v) is 16.8. The standard InChI is InChI=1S/C23H28O7/c1-2-29-16-8-4-13(5-9-16)17-10-6-14-3-7-15(11-18(14)17)23(28)22(27)21(26)20(25)19(12-24)30-23/h3-5,7-9,11,17,19-22,24-28H,2,6,10,12H2,1H3/t17?,19-,20-,21+,22-,23+/m1/s1. The molecule has 0 aromatic heterocycles. The Balaban J connectivity index is 1.67. The van der Waals surface area contributed by atoms with Gasteiger partial charge in [-0.15, -0.1) is 0 Å². The monoisotopic (exact) mass is 416 g/mol.